The molecule has 1 aromatic carbocycles. The summed E-state index contributed by atoms with van der Waals surface area (Å²) in [6.45, 7) is 2.53. The average molecular weight is 274 g/mol. The Morgan fingerprint density at radius 3 is 2.65 bits per heavy atom. The number of nitrogens with one attached hydrogen (secondary N) is 1. The first-order chi connectivity index (χ1) is 9.71. The maximum Gasteiger partial charge on any atom is 0.237 e. The highest BCUT2D eigenvalue weighted by atomic mass is 16.5. The quantitative estimate of drug-likeness (QED) is 0.791. The van der Waals surface area contributed by atoms with E-state index in [0.717, 1.165) is 18.4 Å². The van der Waals surface area contributed by atoms with E-state index in [4.69, 9.17) is 4.74 Å². The molecule has 0 bridgehead atoms. The Kier molecular flexibility index (Phi) is 7.38. The smallest absolute Gasteiger partial charge is 0.237 e. The third-order valence-electron chi connectivity index (χ3n) is 3.11. The maximum atomic E-state index is 12.1. The maximum absolute atomic E-state index is 12.1. The van der Waals surface area contributed by atoms with Crippen LogP contribution in [0, 0.1) is 17.2 Å². The molecule has 0 saturated heterocycles. The van der Waals surface area contributed by atoms with Gasteiger partial charge in [-0.3, -0.25) is 4.79 Å². The number of rotatable bonds is 8. The molecule has 1 aromatic rings. The van der Waals surface area contributed by atoms with E-state index in [-0.39, 0.29) is 11.9 Å². The zero-order chi connectivity index (χ0) is 14.8. The van der Waals surface area contributed by atoms with Crippen molar-refractivity contribution in [3.05, 3.63) is 35.9 Å². The second-order valence-corrected chi connectivity index (χ2v) is 4.82. The highest BCUT2D eigenvalue weighted by Gasteiger charge is 2.21. The Balaban J connectivity index is 2.60. The predicted octanol–water partition coefficient (Wildman–Crippen LogP) is 2.30. The van der Waals surface area contributed by atoms with E-state index in [2.05, 4.69) is 18.3 Å². The molecule has 0 aliphatic rings. The lowest BCUT2D eigenvalue weighted by Crippen LogP contribution is -2.41. The van der Waals surface area contributed by atoms with Crippen LogP contribution in [-0.2, 0) is 16.0 Å². The molecule has 0 saturated carbocycles. The number of methoxy groups -OCH3 is 1. The second-order valence-electron chi connectivity index (χ2n) is 4.82. The van der Waals surface area contributed by atoms with Crippen LogP contribution < -0.4 is 5.32 Å². The molecule has 0 spiro atoms. The third kappa shape index (κ3) is 5.41. The van der Waals surface area contributed by atoms with Crippen molar-refractivity contribution in [3.8, 4) is 6.07 Å². The standard InChI is InChI=1S/C16H22N2O2/c1-3-7-15(12-20-2)18-16(19)14(11-17)10-13-8-5-4-6-9-13/h4-6,8-9,14-15H,3,7,10,12H2,1-2H3,(H,18,19). The molecule has 0 aliphatic carbocycles. The Hall–Kier alpha value is -1.86. The van der Waals surface area contributed by atoms with E-state index >= 15 is 0 Å². The van der Waals surface area contributed by atoms with Crippen molar-refractivity contribution in [3.63, 3.8) is 0 Å². The molecule has 1 rings (SSSR count). The number of hydrogen-bond acceptors (Lipinski definition) is 3. The van der Waals surface area contributed by atoms with Gasteiger partial charge in [-0.1, -0.05) is 43.7 Å². The summed E-state index contributed by atoms with van der Waals surface area (Å²) in [6.07, 6.45) is 2.25. The summed E-state index contributed by atoms with van der Waals surface area (Å²) in [7, 11) is 1.61. The summed E-state index contributed by atoms with van der Waals surface area (Å²) in [5.74, 6) is -0.875. The molecule has 0 aromatic heterocycles. The summed E-state index contributed by atoms with van der Waals surface area (Å²) in [5.41, 5.74) is 0.994. The van der Waals surface area contributed by atoms with E-state index in [1.54, 1.807) is 7.11 Å². The minimum Gasteiger partial charge on any atom is -0.383 e. The predicted molar refractivity (Wildman–Crippen MR) is 78.0 cm³/mol. The van der Waals surface area contributed by atoms with E-state index < -0.39 is 5.92 Å². The number of ether oxygens (including phenoxy) is 1. The number of nitrogens with zero attached hydrogens (tertiary/aromatic N) is 1. The topological polar surface area (TPSA) is 62.1 Å². The number of amides is 1. The lowest BCUT2D eigenvalue weighted by atomic mass is 9.99. The molecule has 108 valence electrons. The highest BCUT2D eigenvalue weighted by molar-refractivity contribution is 5.81. The summed E-state index contributed by atoms with van der Waals surface area (Å²) in [4.78, 5) is 12.1. The summed E-state index contributed by atoms with van der Waals surface area (Å²) >= 11 is 0. The van der Waals surface area contributed by atoms with E-state index in [1.165, 1.54) is 0 Å². The molecule has 0 aliphatic heterocycles. The van der Waals surface area contributed by atoms with Crippen LogP contribution in [0.25, 0.3) is 0 Å². The van der Waals surface area contributed by atoms with Crippen LogP contribution in [0.4, 0.5) is 0 Å². The first-order valence-electron chi connectivity index (χ1n) is 6.94. The number of benzene rings is 1. The number of carbonyl (C=O) groups is 1. The average Bonchev–Trinajstić information content (AvgIpc) is 2.46. The molecule has 4 nitrogen and oxygen atoms in total. The SMILES string of the molecule is CCCC(COC)NC(=O)C(C#N)Cc1ccccc1. The van der Waals surface area contributed by atoms with Crippen LogP contribution in [0.1, 0.15) is 25.3 Å². The fraction of sp³-hybridized carbons (Fsp3) is 0.500. The van der Waals surface area contributed by atoms with Crippen LogP contribution in [0.5, 0.6) is 0 Å². The van der Waals surface area contributed by atoms with Crippen LogP contribution in [-0.4, -0.2) is 25.7 Å². The van der Waals surface area contributed by atoms with Gasteiger partial charge in [0.1, 0.15) is 5.92 Å². The summed E-state index contributed by atoms with van der Waals surface area (Å²) < 4.78 is 5.09. The molecule has 20 heavy (non-hydrogen) atoms. The lowest BCUT2D eigenvalue weighted by molar-refractivity contribution is -0.124. The molecular weight excluding hydrogens is 252 g/mol. The minimum absolute atomic E-state index is 0.0240. The molecule has 1 N–H and O–H groups in total. The highest BCUT2D eigenvalue weighted by Crippen LogP contribution is 2.09. The lowest BCUT2D eigenvalue weighted by Gasteiger charge is -2.19. The van der Waals surface area contributed by atoms with Crippen molar-refractivity contribution in [2.75, 3.05) is 13.7 Å². The molecule has 1 amide bonds. The first kappa shape index (κ1) is 16.2. The van der Waals surface area contributed by atoms with Gasteiger partial charge in [0, 0.05) is 7.11 Å². The fourth-order valence-electron chi connectivity index (χ4n) is 2.10. The minimum atomic E-state index is -0.659. The number of carbonyl (C=O) groups excluding carboxylic acids is 1. The van der Waals surface area contributed by atoms with Crippen LogP contribution in [0.2, 0.25) is 0 Å². The Labute approximate surface area is 120 Å². The molecule has 0 heterocycles. The first-order valence-corrected chi connectivity index (χ1v) is 6.94. The molecule has 2 atom stereocenters. The van der Waals surface area contributed by atoms with Gasteiger partial charge < -0.3 is 10.1 Å². The van der Waals surface area contributed by atoms with Crippen molar-refractivity contribution in [2.45, 2.75) is 32.2 Å². The van der Waals surface area contributed by atoms with Gasteiger partial charge in [0.2, 0.25) is 5.91 Å². The van der Waals surface area contributed by atoms with Gasteiger partial charge in [0.05, 0.1) is 18.7 Å². The Morgan fingerprint density at radius 1 is 1.40 bits per heavy atom. The number of hydrogen-bond donors (Lipinski definition) is 1. The number of nitriles is 1. The van der Waals surface area contributed by atoms with E-state index in [1.807, 2.05) is 30.3 Å². The largest absolute Gasteiger partial charge is 0.383 e. The van der Waals surface area contributed by atoms with Crippen LogP contribution in [0.3, 0.4) is 0 Å². The normalized spacial score (nSPS) is 13.2. The zero-order valence-corrected chi connectivity index (χ0v) is 12.1. The third-order valence-corrected chi connectivity index (χ3v) is 3.11. The Bertz CT molecular complexity index is 434. The van der Waals surface area contributed by atoms with Crippen molar-refractivity contribution in [2.24, 2.45) is 5.92 Å². The van der Waals surface area contributed by atoms with Gasteiger partial charge in [0.25, 0.3) is 0 Å². The van der Waals surface area contributed by atoms with Crippen molar-refractivity contribution in [1.82, 2.24) is 5.32 Å². The van der Waals surface area contributed by atoms with E-state index in [9.17, 15) is 10.1 Å². The van der Waals surface area contributed by atoms with Gasteiger partial charge in [-0.25, -0.2) is 0 Å². The van der Waals surface area contributed by atoms with Crippen molar-refractivity contribution < 1.29 is 9.53 Å². The molecular formula is C16H22N2O2. The summed E-state index contributed by atoms with van der Waals surface area (Å²) in [6, 6.07) is 11.7. The second kappa shape index (κ2) is 9.11. The molecule has 0 fully saturated rings. The monoisotopic (exact) mass is 274 g/mol. The van der Waals surface area contributed by atoms with Gasteiger partial charge in [0.15, 0.2) is 0 Å². The van der Waals surface area contributed by atoms with Gasteiger partial charge in [-0.05, 0) is 18.4 Å². The van der Waals surface area contributed by atoms with Gasteiger partial charge >= 0.3 is 0 Å². The van der Waals surface area contributed by atoms with Crippen LogP contribution >= 0.6 is 0 Å². The molecule has 0 radical (unpaired) electrons. The fourth-order valence-corrected chi connectivity index (χ4v) is 2.10. The summed E-state index contributed by atoms with van der Waals surface area (Å²) in [5, 5.41) is 12.1. The Morgan fingerprint density at radius 2 is 2.10 bits per heavy atom. The van der Waals surface area contributed by atoms with Crippen LogP contribution in [0.15, 0.2) is 30.3 Å². The van der Waals surface area contributed by atoms with Gasteiger partial charge in [-0.15, -0.1) is 0 Å². The molecule has 2 unspecified atom stereocenters. The zero-order valence-electron chi connectivity index (χ0n) is 12.1. The molecule has 4 heteroatoms. The van der Waals surface area contributed by atoms with Gasteiger partial charge in [-0.2, -0.15) is 5.26 Å². The van der Waals surface area contributed by atoms with Crippen molar-refractivity contribution >= 4 is 5.91 Å². The van der Waals surface area contributed by atoms with Crippen molar-refractivity contribution in [1.29, 1.82) is 5.26 Å². The van der Waals surface area contributed by atoms with E-state index in [0.29, 0.717) is 13.0 Å².